The number of alkyl halides is 2. The van der Waals surface area contributed by atoms with Gasteiger partial charge >= 0.3 is 0 Å². The Bertz CT molecular complexity index is 710. The first-order valence-electron chi connectivity index (χ1n) is 8.72. The molecular formula is C19H22F2N4. The normalized spacial score (nSPS) is 26.2. The van der Waals surface area contributed by atoms with Crippen molar-refractivity contribution in [2.75, 3.05) is 31.1 Å². The van der Waals surface area contributed by atoms with E-state index >= 15 is 0 Å². The molecule has 2 aliphatic rings. The van der Waals surface area contributed by atoms with E-state index in [1.54, 1.807) is 24.8 Å². The van der Waals surface area contributed by atoms with Crippen molar-refractivity contribution >= 4 is 5.69 Å². The van der Waals surface area contributed by atoms with Crippen LogP contribution >= 0.6 is 0 Å². The molecule has 4 nitrogen and oxygen atoms in total. The van der Waals surface area contributed by atoms with Crippen LogP contribution in [-0.2, 0) is 6.54 Å². The van der Waals surface area contributed by atoms with Gasteiger partial charge in [0, 0.05) is 57.7 Å². The molecule has 25 heavy (non-hydrogen) atoms. The summed E-state index contributed by atoms with van der Waals surface area (Å²) in [5, 5.41) is 0. The number of nitrogens with zero attached hydrogens (tertiary/aromatic N) is 4. The minimum absolute atomic E-state index is 0.0705. The van der Waals surface area contributed by atoms with E-state index in [4.69, 9.17) is 0 Å². The third kappa shape index (κ3) is 3.11. The van der Waals surface area contributed by atoms with Gasteiger partial charge in [-0.25, -0.2) is 8.78 Å². The molecule has 132 valence electrons. The zero-order valence-electron chi connectivity index (χ0n) is 14.1. The molecule has 1 spiro atoms. The number of halogens is 2. The average Bonchev–Trinajstić information content (AvgIpc) is 3.06. The second-order valence-corrected chi connectivity index (χ2v) is 7.18. The zero-order valence-corrected chi connectivity index (χ0v) is 14.1. The summed E-state index contributed by atoms with van der Waals surface area (Å²) in [6, 6.07) is 7.71. The molecule has 1 atom stereocenters. The van der Waals surface area contributed by atoms with Gasteiger partial charge in [-0.3, -0.25) is 14.9 Å². The standard InChI is InChI=1S/C19H22F2N4/c20-19(21)6-10-24(13-16-3-8-22-9-4-16)14-18(19)5-11-25(15-18)17-2-1-7-23-12-17/h1-4,7-9,12H,5-6,10-11,13-15H2/t18-/m0/s1. The molecule has 0 aliphatic carbocycles. The van der Waals surface area contributed by atoms with E-state index in [-0.39, 0.29) is 6.42 Å². The Kier molecular flexibility index (Phi) is 4.15. The highest BCUT2D eigenvalue weighted by Gasteiger charge is 2.59. The molecule has 4 heterocycles. The van der Waals surface area contributed by atoms with Gasteiger partial charge in [-0.05, 0) is 36.2 Å². The average molecular weight is 344 g/mol. The molecule has 2 fully saturated rings. The molecule has 0 unspecified atom stereocenters. The fraction of sp³-hybridized carbons (Fsp3) is 0.474. The Morgan fingerprint density at radius 3 is 2.56 bits per heavy atom. The number of likely N-dealkylation sites (tertiary alicyclic amines) is 1. The van der Waals surface area contributed by atoms with E-state index in [9.17, 15) is 8.78 Å². The topological polar surface area (TPSA) is 32.3 Å². The van der Waals surface area contributed by atoms with Gasteiger partial charge < -0.3 is 4.90 Å². The molecule has 0 saturated carbocycles. The highest BCUT2D eigenvalue weighted by Crippen LogP contribution is 2.50. The number of rotatable bonds is 3. The first kappa shape index (κ1) is 16.4. The van der Waals surface area contributed by atoms with Crippen LogP contribution in [0.3, 0.4) is 0 Å². The molecule has 0 N–H and O–H groups in total. The van der Waals surface area contributed by atoms with Gasteiger partial charge in [0.2, 0.25) is 0 Å². The number of anilines is 1. The summed E-state index contributed by atoms with van der Waals surface area (Å²) in [4.78, 5) is 12.4. The van der Waals surface area contributed by atoms with Crippen LogP contribution in [-0.4, -0.2) is 47.0 Å². The van der Waals surface area contributed by atoms with Crippen LogP contribution < -0.4 is 4.90 Å². The first-order valence-corrected chi connectivity index (χ1v) is 8.72. The number of hydrogen-bond donors (Lipinski definition) is 0. The predicted molar refractivity (Wildman–Crippen MR) is 92.6 cm³/mol. The fourth-order valence-corrected chi connectivity index (χ4v) is 4.13. The van der Waals surface area contributed by atoms with E-state index < -0.39 is 11.3 Å². The monoisotopic (exact) mass is 344 g/mol. The van der Waals surface area contributed by atoms with Crippen LogP contribution in [0.5, 0.6) is 0 Å². The summed E-state index contributed by atoms with van der Waals surface area (Å²) in [7, 11) is 0. The van der Waals surface area contributed by atoms with Crippen molar-refractivity contribution < 1.29 is 8.78 Å². The lowest BCUT2D eigenvalue weighted by molar-refractivity contribution is -0.158. The lowest BCUT2D eigenvalue weighted by Gasteiger charge is -2.46. The second-order valence-electron chi connectivity index (χ2n) is 7.18. The van der Waals surface area contributed by atoms with Gasteiger partial charge in [-0.2, -0.15) is 0 Å². The highest BCUT2D eigenvalue weighted by atomic mass is 19.3. The molecule has 0 aromatic carbocycles. The molecule has 6 heteroatoms. The van der Waals surface area contributed by atoms with Crippen molar-refractivity contribution in [3.8, 4) is 0 Å². The molecule has 2 aromatic rings. The van der Waals surface area contributed by atoms with Crippen LogP contribution in [0.1, 0.15) is 18.4 Å². The molecule has 4 rings (SSSR count). The van der Waals surface area contributed by atoms with Crippen molar-refractivity contribution in [2.45, 2.75) is 25.3 Å². The predicted octanol–water partition coefficient (Wildman–Crippen LogP) is 3.21. The molecule has 0 radical (unpaired) electrons. The zero-order chi connectivity index (χ0) is 17.3. The maximum atomic E-state index is 14.9. The maximum Gasteiger partial charge on any atom is 0.257 e. The van der Waals surface area contributed by atoms with Gasteiger partial charge in [0.05, 0.1) is 17.3 Å². The summed E-state index contributed by atoms with van der Waals surface area (Å²) in [5.41, 5.74) is 1.08. The summed E-state index contributed by atoms with van der Waals surface area (Å²) >= 11 is 0. The number of piperidine rings is 1. The number of aromatic nitrogens is 2. The Morgan fingerprint density at radius 1 is 0.960 bits per heavy atom. The van der Waals surface area contributed by atoms with Crippen molar-refractivity contribution in [1.29, 1.82) is 0 Å². The van der Waals surface area contributed by atoms with Crippen LogP contribution in [0.4, 0.5) is 14.5 Å². The second kappa shape index (κ2) is 6.33. The van der Waals surface area contributed by atoms with Gasteiger partial charge in [-0.1, -0.05) is 0 Å². The minimum atomic E-state index is -2.63. The minimum Gasteiger partial charge on any atom is -0.369 e. The molecule has 0 bridgehead atoms. The molecule has 0 amide bonds. The quantitative estimate of drug-likeness (QED) is 0.856. The lowest BCUT2D eigenvalue weighted by atomic mass is 9.75. The van der Waals surface area contributed by atoms with E-state index in [1.807, 2.05) is 24.3 Å². The van der Waals surface area contributed by atoms with Gasteiger partial charge in [0.25, 0.3) is 5.92 Å². The maximum absolute atomic E-state index is 14.9. The van der Waals surface area contributed by atoms with Crippen molar-refractivity contribution in [3.05, 3.63) is 54.6 Å². The first-order chi connectivity index (χ1) is 12.1. The summed E-state index contributed by atoms with van der Waals surface area (Å²) in [6.07, 6.45) is 7.42. The van der Waals surface area contributed by atoms with Crippen molar-refractivity contribution in [1.82, 2.24) is 14.9 Å². The Labute approximate surface area is 146 Å². The van der Waals surface area contributed by atoms with Gasteiger partial charge in [0.1, 0.15) is 0 Å². The van der Waals surface area contributed by atoms with Gasteiger partial charge in [0.15, 0.2) is 0 Å². The summed E-state index contributed by atoms with van der Waals surface area (Å²) < 4.78 is 29.8. The lowest BCUT2D eigenvalue weighted by Crippen LogP contribution is -2.56. The largest absolute Gasteiger partial charge is 0.369 e. The molecule has 2 aliphatic heterocycles. The fourth-order valence-electron chi connectivity index (χ4n) is 4.13. The van der Waals surface area contributed by atoms with Gasteiger partial charge in [-0.15, -0.1) is 0 Å². The summed E-state index contributed by atoms with van der Waals surface area (Å²) in [5.74, 6) is -2.63. The third-order valence-electron chi connectivity index (χ3n) is 5.56. The molecule has 2 saturated heterocycles. The van der Waals surface area contributed by atoms with Crippen LogP contribution in [0, 0.1) is 5.41 Å². The van der Waals surface area contributed by atoms with Crippen molar-refractivity contribution in [3.63, 3.8) is 0 Å². The summed E-state index contributed by atoms with van der Waals surface area (Å²) in [6.45, 7) is 2.61. The molecular weight excluding hydrogens is 322 g/mol. The van der Waals surface area contributed by atoms with Crippen LogP contribution in [0.2, 0.25) is 0 Å². The SMILES string of the molecule is FC1(F)CCN(Cc2ccncc2)C[C@]12CCN(c1cccnc1)C2. The van der Waals surface area contributed by atoms with E-state index in [2.05, 4.69) is 19.8 Å². The Morgan fingerprint density at radius 2 is 1.80 bits per heavy atom. The van der Waals surface area contributed by atoms with E-state index in [1.165, 1.54) is 0 Å². The highest BCUT2D eigenvalue weighted by molar-refractivity contribution is 5.45. The van der Waals surface area contributed by atoms with E-state index in [0.29, 0.717) is 39.1 Å². The van der Waals surface area contributed by atoms with Crippen molar-refractivity contribution in [2.24, 2.45) is 5.41 Å². The molecule has 2 aromatic heterocycles. The van der Waals surface area contributed by atoms with Crippen LogP contribution in [0.15, 0.2) is 49.1 Å². The Balaban J connectivity index is 1.52. The van der Waals surface area contributed by atoms with Crippen LogP contribution in [0.25, 0.3) is 0 Å². The Hall–Kier alpha value is -2.08. The van der Waals surface area contributed by atoms with E-state index in [0.717, 1.165) is 11.3 Å². The smallest absolute Gasteiger partial charge is 0.257 e. The number of pyridine rings is 2. The number of hydrogen-bond acceptors (Lipinski definition) is 4. The third-order valence-corrected chi connectivity index (χ3v) is 5.56.